The van der Waals surface area contributed by atoms with Gasteiger partial charge >= 0.3 is 0 Å². The molecule has 3 nitrogen and oxygen atoms in total. The second-order valence-electron chi connectivity index (χ2n) is 9.53. The maximum atomic E-state index is 14.9. The van der Waals surface area contributed by atoms with Crippen LogP contribution in [0.3, 0.4) is 0 Å². The third-order valence-corrected chi connectivity index (χ3v) is 6.97. The lowest BCUT2D eigenvalue weighted by Gasteiger charge is -2.29. The summed E-state index contributed by atoms with van der Waals surface area (Å²) in [4.78, 5) is 0. The van der Waals surface area contributed by atoms with Crippen LogP contribution in [0.1, 0.15) is 69.4 Å². The van der Waals surface area contributed by atoms with Crippen LogP contribution in [0.4, 0.5) is 13.2 Å². The van der Waals surface area contributed by atoms with Crippen molar-refractivity contribution in [3.8, 4) is 22.6 Å². The first-order chi connectivity index (χ1) is 18.0. The number of unbranched alkanes of at least 4 members (excludes halogenated alkanes) is 1. The zero-order chi connectivity index (χ0) is 26.2. The summed E-state index contributed by atoms with van der Waals surface area (Å²) in [6.45, 7) is 4.99. The minimum Gasteiger partial charge on any atom is -0.494 e. The molecule has 0 saturated heterocycles. The van der Waals surface area contributed by atoms with Crippen molar-refractivity contribution in [1.82, 2.24) is 0 Å². The Bertz CT molecular complexity index is 1160. The highest BCUT2D eigenvalue weighted by Gasteiger charge is 2.24. The first kappa shape index (κ1) is 27.1. The van der Waals surface area contributed by atoms with Gasteiger partial charge in [-0.1, -0.05) is 43.7 Å². The third kappa shape index (κ3) is 6.86. The van der Waals surface area contributed by atoms with Crippen LogP contribution in [-0.4, -0.2) is 19.3 Å². The molecule has 0 bridgehead atoms. The average Bonchev–Trinajstić information content (AvgIpc) is 2.92. The molecule has 198 valence electrons. The van der Waals surface area contributed by atoms with Gasteiger partial charge in [0.15, 0.2) is 23.2 Å². The van der Waals surface area contributed by atoms with Crippen LogP contribution in [0.15, 0.2) is 54.6 Å². The van der Waals surface area contributed by atoms with E-state index in [0.29, 0.717) is 24.5 Å². The minimum absolute atomic E-state index is 0.0141. The van der Waals surface area contributed by atoms with Gasteiger partial charge in [0.05, 0.1) is 25.9 Å². The fourth-order valence-electron chi connectivity index (χ4n) is 4.80. The monoisotopic (exact) mass is 512 g/mol. The lowest BCUT2D eigenvalue weighted by atomic mass is 9.82. The van der Waals surface area contributed by atoms with Crippen molar-refractivity contribution >= 4 is 0 Å². The summed E-state index contributed by atoms with van der Waals surface area (Å²) >= 11 is 0. The highest BCUT2D eigenvalue weighted by molar-refractivity contribution is 5.65. The summed E-state index contributed by atoms with van der Waals surface area (Å²) in [5.74, 6) is -0.847. The van der Waals surface area contributed by atoms with Crippen molar-refractivity contribution in [2.24, 2.45) is 0 Å². The molecule has 0 heterocycles. The molecular weight excluding hydrogens is 477 g/mol. The smallest absolute Gasteiger partial charge is 0.167 e. The van der Waals surface area contributed by atoms with Crippen LogP contribution in [0.5, 0.6) is 11.5 Å². The number of hydrogen-bond donors (Lipinski definition) is 0. The molecule has 1 aliphatic rings. The Hall–Kier alpha value is -2.99. The van der Waals surface area contributed by atoms with Crippen molar-refractivity contribution < 1.29 is 27.4 Å². The first-order valence-corrected chi connectivity index (χ1v) is 13.2. The summed E-state index contributed by atoms with van der Waals surface area (Å²) in [5, 5.41) is 0. The lowest BCUT2D eigenvalue weighted by Crippen LogP contribution is -2.21. The van der Waals surface area contributed by atoms with Crippen LogP contribution in [0.2, 0.25) is 0 Å². The molecule has 1 fully saturated rings. The van der Waals surface area contributed by atoms with Crippen LogP contribution in [0, 0.1) is 17.5 Å². The van der Waals surface area contributed by atoms with Crippen LogP contribution < -0.4 is 9.47 Å². The van der Waals surface area contributed by atoms with Crippen molar-refractivity contribution in [2.75, 3.05) is 13.2 Å². The van der Waals surface area contributed by atoms with Gasteiger partial charge < -0.3 is 14.2 Å². The second kappa shape index (κ2) is 13.0. The molecule has 0 atom stereocenters. The molecule has 0 spiro atoms. The minimum atomic E-state index is -0.876. The molecule has 3 aromatic rings. The molecular formula is C31H35F3O3. The maximum Gasteiger partial charge on any atom is 0.167 e. The van der Waals surface area contributed by atoms with Gasteiger partial charge in [-0.25, -0.2) is 13.2 Å². The fourth-order valence-corrected chi connectivity index (χ4v) is 4.80. The Balaban J connectivity index is 1.31. The first-order valence-electron chi connectivity index (χ1n) is 13.2. The molecule has 0 N–H and O–H groups in total. The van der Waals surface area contributed by atoms with E-state index < -0.39 is 11.6 Å². The number of halogens is 3. The molecule has 0 aliphatic heterocycles. The quantitative estimate of drug-likeness (QED) is 0.241. The predicted octanol–water partition coefficient (Wildman–Crippen LogP) is 8.59. The van der Waals surface area contributed by atoms with Gasteiger partial charge in [0.2, 0.25) is 0 Å². The Morgan fingerprint density at radius 3 is 2.24 bits per heavy atom. The largest absolute Gasteiger partial charge is 0.494 e. The number of rotatable bonds is 11. The van der Waals surface area contributed by atoms with Crippen molar-refractivity contribution in [3.05, 3.63) is 83.2 Å². The van der Waals surface area contributed by atoms with Crippen LogP contribution >= 0.6 is 0 Å². The number of hydrogen-bond acceptors (Lipinski definition) is 3. The normalized spacial score (nSPS) is 17.5. The Kier molecular flexibility index (Phi) is 9.51. The topological polar surface area (TPSA) is 27.7 Å². The zero-order valence-electron chi connectivity index (χ0n) is 21.6. The highest BCUT2D eigenvalue weighted by Crippen LogP contribution is 2.36. The van der Waals surface area contributed by atoms with Gasteiger partial charge in [-0.3, -0.25) is 0 Å². The molecule has 0 radical (unpaired) electrons. The number of ether oxygens (including phenoxy) is 3. The molecule has 1 saturated carbocycles. The van der Waals surface area contributed by atoms with Gasteiger partial charge in [0, 0.05) is 11.1 Å². The van der Waals surface area contributed by atoms with E-state index in [9.17, 15) is 13.2 Å². The van der Waals surface area contributed by atoms with Gasteiger partial charge in [0.1, 0.15) is 5.75 Å². The molecule has 1 aliphatic carbocycles. The fraction of sp³-hybridized carbons (Fsp3) is 0.419. The van der Waals surface area contributed by atoms with Crippen molar-refractivity contribution in [1.29, 1.82) is 0 Å². The molecule has 4 rings (SSSR count). The van der Waals surface area contributed by atoms with Gasteiger partial charge in [-0.05, 0) is 80.3 Å². The second-order valence-corrected chi connectivity index (χ2v) is 9.53. The standard InChI is InChI=1S/C31H35F3O3/c1-3-5-18-36-25-14-8-22(9-15-25)27-16-10-24(30(33)31(27)34)20-37-26-12-6-21(7-13-26)23-11-17-29(35-4-2)28(32)19-23/h8-11,14-17,19,21,26H,3-7,12-13,18,20H2,1-2H3. The summed E-state index contributed by atoms with van der Waals surface area (Å²) in [5.41, 5.74) is 1.97. The number of benzene rings is 3. The molecule has 6 heteroatoms. The molecule has 0 aromatic heterocycles. The van der Waals surface area contributed by atoms with Gasteiger partial charge in [-0.2, -0.15) is 0 Å². The van der Waals surface area contributed by atoms with E-state index in [2.05, 4.69) is 6.92 Å². The summed E-state index contributed by atoms with van der Waals surface area (Å²) in [6.07, 6.45) is 5.26. The highest BCUT2D eigenvalue weighted by atomic mass is 19.2. The predicted molar refractivity (Wildman–Crippen MR) is 140 cm³/mol. The summed E-state index contributed by atoms with van der Waals surface area (Å²) in [7, 11) is 0. The van der Waals surface area contributed by atoms with E-state index >= 15 is 0 Å². The van der Waals surface area contributed by atoms with E-state index in [4.69, 9.17) is 14.2 Å². The molecule has 0 amide bonds. The molecule has 0 unspecified atom stereocenters. The average molecular weight is 513 g/mol. The Labute approximate surface area is 217 Å². The van der Waals surface area contributed by atoms with Gasteiger partial charge in [-0.15, -0.1) is 0 Å². The van der Waals surface area contributed by atoms with E-state index in [-0.39, 0.29) is 41.3 Å². The van der Waals surface area contributed by atoms with E-state index in [1.807, 2.05) is 13.0 Å². The third-order valence-electron chi connectivity index (χ3n) is 6.97. The molecule has 37 heavy (non-hydrogen) atoms. The summed E-state index contributed by atoms with van der Waals surface area (Å²) in [6, 6.07) is 15.4. The van der Waals surface area contributed by atoms with E-state index in [0.717, 1.165) is 44.1 Å². The Morgan fingerprint density at radius 1 is 0.811 bits per heavy atom. The summed E-state index contributed by atoms with van der Waals surface area (Å²) < 4.78 is 60.9. The van der Waals surface area contributed by atoms with Crippen LogP contribution in [0.25, 0.3) is 11.1 Å². The van der Waals surface area contributed by atoms with E-state index in [1.165, 1.54) is 0 Å². The Morgan fingerprint density at radius 2 is 1.57 bits per heavy atom. The maximum absolute atomic E-state index is 14.9. The van der Waals surface area contributed by atoms with Gasteiger partial charge in [0.25, 0.3) is 0 Å². The zero-order valence-corrected chi connectivity index (χ0v) is 21.6. The van der Waals surface area contributed by atoms with Crippen LogP contribution in [-0.2, 0) is 11.3 Å². The van der Waals surface area contributed by atoms with Crippen molar-refractivity contribution in [2.45, 2.75) is 71.0 Å². The lowest BCUT2D eigenvalue weighted by molar-refractivity contribution is 0.0119. The van der Waals surface area contributed by atoms with E-state index in [1.54, 1.807) is 48.5 Å². The molecule has 3 aromatic carbocycles. The van der Waals surface area contributed by atoms with Crippen molar-refractivity contribution in [3.63, 3.8) is 0 Å². The SMILES string of the molecule is CCCCOc1ccc(-c2ccc(COC3CCC(c4ccc(OCC)c(F)c4)CC3)c(F)c2F)cc1.